The van der Waals surface area contributed by atoms with Crippen LogP contribution in [0.25, 0.3) is 16.5 Å². The van der Waals surface area contributed by atoms with Gasteiger partial charge in [-0.15, -0.1) is 0 Å². The van der Waals surface area contributed by atoms with Crippen molar-refractivity contribution in [1.82, 2.24) is 0 Å². The molecule has 0 fully saturated rings. The monoisotopic (exact) mass is 251 g/mol. The van der Waals surface area contributed by atoms with Crippen molar-refractivity contribution in [3.8, 4) is 0 Å². The van der Waals surface area contributed by atoms with Gasteiger partial charge in [0.25, 0.3) is 0 Å². The summed E-state index contributed by atoms with van der Waals surface area (Å²) < 4.78 is 4.75. The van der Waals surface area contributed by atoms with Crippen LogP contribution in [0.5, 0.6) is 0 Å². The molecule has 0 bridgehead atoms. The van der Waals surface area contributed by atoms with Crippen molar-refractivity contribution in [3.63, 3.8) is 0 Å². The van der Waals surface area contributed by atoms with Gasteiger partial charge in [-0.1, -0.05) is 34.9 Å². The molecule has 88 valence electrons. The topological polar surface area (TPSA) is 75.1 Å². The first-order valence-corrected chi connectivity index (χ1v) is 5.25. The van der Waals surface area contributed by atoms with Crippen LogP contribution in [-0.2, 0) is 9.53 Å². The fraction of sp³-hybridized carbons (Fsp3) is 0.182. The number of carbonyl (C=O) groups excluding carboxylic acids is 1. The van der Waals surface area contributed by atoms with Gasteiger partial charge >= 0.3 is 5.97 Å². The fourth-order valence-electron chi connectivity index (χ4n) is 1.12. The predicted molar refractivity (Wildman–Crippen MR) is 65.2 cm³/mol. The normalized spacial score (nSPS) is 10.6. The molecule has 0 N–H and O–H groups in total. The van der Waals surface area contributed by atoms with E-state index in [9.17, 15) is 4.79 Å². The van der Waals surface area contributed by atoms with Crippen LogP contribution in [0.4, 0.5) is 0 Å². The molecular formula is C11H10ClN3O2. The standard InChI is InChI=1S/C11H10ClN3O2/c1-2-17-11(16)10(14-15-13)7-8-5-3-4-6-9(8)12/h3-7H,2H2,1H3/b10-7-. The summed E-state index contributed by atoms with van der Waals surface area (Å²) in [4.78, 5) is 14.0. The first-order chi connectivity index (χ1) is 8.19. The third-order valence-electron chi connectivity index (χ3n) is 1.83. The minimum Gasteiger partial charge on any atom is -0.462 e. The van der Waals surface area contributed by atoms with Gasteiger partial charge in [-0.3, -0.25) is 0 Å². The molecule has 1 aromatic rings. The Morgan fingerprint density at radius 3 is 2.88 bits per heavy atom. The lowest BCUT2D eigenvalue weighted by molar-refractivity contribution is -0.138. The second kappa shape index (κ2) is 6.58. The lowest BCUT2D eigenvalue weighted by atomic mass is 10.2. The molecule has 0 saturated carbocycles. The Hall–Kier alpha value is -1.97. The molecule has 0 unspecified atom stereocenters. The number of rotatable bonds is 4. The molecular weight excluding hydrogens is 242 g/mol. The summed E-state index contributed by atoms with van der Waals surface area (Å²) in [5.41, 5.74) is 8.84. The van der Waals surface area contributed by atoms with Crippen molar-refractivity contribution >= 4 is 23.6 Å². The highest BCUT2D eigenvalue weighted by Crippen LogP contribution is 2.19. The molecule has 0 atom stereocenters. The largest absolute Gasteiger partial charge is 0.462 e. The van der Waals surface area contributed by atoms with Gasteiger partial charge in [0.05, 0.1) is 6.61 Å². The lowest BCUT2D eigenvalue weighted by Crippen LogP contribution is -2.05. The van der Waals surface area contributed by atoms with Crippen LogP contribution < -0.4 is 0 Å². The third kappa shape index (κ3) is 3.83. The van der Waals surface area contributed by atoms with E-state index < -0.39 is 5.97 Å². The molecule has 0 aliphatic carbocycles. The van der Waals surface area contributed by atoms with E-state index >= 15 is 0 Å². The molecule has 0 radical (unpaired) electrons. The summed E-state index contributed by atoms with van der Waals surface area (Å²) in [7, 11) is 0. The number of nitrogens with zero attached hydrogens (tertiary/aromatic N) is 3. The Kier molecular flexibility index (Phi) is 5.07. The fourth-order valence-corrected chi connectivity index (χ4v) is 1.31. The zero-order chi connectivity index (χ0) is 12.7. The number of esters is 1. The van der Waals surface area contributed by atoms with Gasteiger partial charge in [-0.25, -0.2) is 4.79 Å². The maximum Gasteiger partial charge on any atom is 0.340 e. The second-order valence-corrected chi connectivity index (χ2v) is 3.37. The van der Waals surface area contributed by atoms with E-state index in [2.05, 4.69) is 10.0 Å². The van der Waals surface area contributed by atoms with Crippen molar-refractivity contribution < 1.29 is 9.53 Å². The second-order valence-electron chi connectivity index (χ2n) is 2.96. The number of halogens is 1. The van der Waals surface area contributed by atoms with Gasteiger partial charge in [0.1, 0.15) is 5.70 Å². The van der Waals surface area contributed by atoms with E-state index in [1.165, 1.54) is 6.08 Å². The zero-order valence-corrected chi connectivity index (χ0v) is 9.89. The third-order valence-corrected chi connectivity index (χ3v) is 2.18. The molecule has 0 saturated heterocycles. The molecule has 0 spiro atoms. The highest BCUT2D eigenvalue weighted by Gasteiger charge is 2.09. The maximum absolute atomic E-state index is 11.5. The Balaban J connectivity index is 3.11. The summed E-state index contributed by atoms with van der Waals surface area (Å²) >= 11 is 5.92. The zero-order valence-electron chi connectivity index (χ0n) is 9.13. The van der Waals surface area contributed by atoms with Crippen LogP contribution in [0.2, 0.25) is 5.02 Å². The maximum atomic E-state index is 11.5. The molecule has 1 rings (SSSR count). The highest BCUT2D eigenvalue weighted by molar-refractivity contribution is 6.32. The van der Waals surface area contributed by atoms with Crippen LogP contribution in [0.1, 0.15) is 12.5 Å². The summed E-state index contributed by atoms with van der Waals surface area (Å²) in [6, 6.07) is 6.90. The first kappa shape index (κ1) is 13.1. The molecule has 0 aliphatic rings. The minimum absolute atomic E-state index is 0.123. The summed E-state index contributed by atoms with van der Waals surface area (Å²) in [5.74, 6) is -0.676. The van der Waals surface area contributed by atoms with E-state index in [4.69, 9.17) is 21.9 Å². The average molecular weight is 252 g/mol. The molecule has 0 aliphatic heterocycles. The van der Waals surface area contributed by atoms with Gasteiger partial charge in [0, 0.05) is 9.93 Å². The Labute approximate surface area is 103 Å². The number of carbonyl (C=O) groups is 1. The highest BCUT2D eigenvalue weighted by atomic mass is 35.5. The van der Waals surface area contributed by atoms with Crippen LogP contribution in [-0.4, -0.2) is 12.6 Å². The first-order valence-electron chi connectivity index (χ1n) is 4.87. The predicted octanol–water partition coefficient (Wildman–Crippen LogP) is 3.55. The number of ether oxygens (including phenoxy) is 1. The molecule has 5 nitrogen and oxygen atoms in total. The summed E-state index contributed by atoms with van der Waals surface area (Å²) in [5, 5.41) is 3.75. The quantitative estimate of drug-likeness (QED) is 0.270. The summed E-state index contributed by atoms with van der Waals surface area (Å²) in [6.45, 7) is 1.88. The van der Waals surface area contributed by atoms with Crippen LogP contribution in [0.3, 0.4) is 0 Å². The molecule has 0 amide bonds. The van der Waals surface area contributed by atoms with E-state index in [1.54, 1.807) is 31.2 Å². The van der Waals surface area contributed by atoms with Crippen molar-refractivity contribution in [2.75, 3.05) is 6.61 Å². The van der Waals surface area contributed by atoms with E-state index in [-0.39, 0.29) is 12.3 Å². The van der Waals surface area contributed by atoms with E-state index in [1.807, 2.05) is 0 Å². The van der Waals surface area contributed by atoms with Crippen molar-refractivity contribution in [2.45, 2.75) is 6.92 Å². The van der Waals surface area contributed by atoms with E-state index in [0.29, 0.717) is 10.6 Å². The number of azide groups is 1. The molecule has 0 aromatic heterocycles. The molecule has 6 heteroatoms. The Bertz CT molecular complexity index is 493. The van der Waals surface area contributed by atoms with Crippen molar-refractivity contribution in [1.29, 1.82) is 0 Å². The van der Waals surface area contributed by atoms with Crippen LogP contribution in [0, 0.1) is 0 Å². The SMILES string of the molecule is CCOC(=O)/C(=C/c1ccccc1Cl)N=[N+]=[N-]. The number of benzene rings is 1. The van der Waals surface area contributed by atoms with Gasteiger partial charge in [-0.2, -0.15) is 0 Å². The van der Waals surface area contributed by atoms with E-state index in [0.717, 1.165) is 0 Å². The Morgan fingerprint density at radius 1 is 1.59 bits per heavy atom. The lowest BCUT2D eigenvalue weighted by Gasteiger charge is -2.02. The summed E-state index contributed by atoms with van der Waals surface area (Å²) in [6.07, 6.45) is 1.39. The minimum atomic E-state index is -0.676. The van der Waals surface area contributed by atoms with Gasteiger partial charge in [0.2, 0.25) is 0 Å². The van der Waals surface area contributed by atoms with Gasteiger partial charge in [0.15, 0.2) is 0 Å². The van der Waals surface area contributed by atoms with Crippen LogP contribution in [0.15, 0.2) is 35.1 Å². The smallest absolute Gasteiger partial charge is 0.340 e. The Morgan fingerprint density at radius 2 is 2.29 bits per heavy atom. The van der Waals surface area contributed by atoms with Crippen molar-refractivity contribution in [2.24, 2.45) is 5.11 Å². The van der Waals surface area contributed by atoms with Gasteiger partial charge < -0.3 is 4.74 Å². The average Bonchev–Trinajstić information content (AvgIpc) is 2.31. The van der Waals surface area contributed by atoms with Crippen molar-refractivity contribution in [3.05, 3.63) is 51.0 Å². The number of hydrogen-bond acceptors (Lipinski definition) is 3. The molecule has 17 heavy (non-hydrogen) atoms. The van der Waals surface area contributed by atoms with Gasteiger partial charge in [-0.05, 0) is 30.2 Å². The number of hydrogen-bond donors (Lipinski definition) is 0. The van der Waals surface area contributed by atoms with Crippen LogP contribution >= 0.6 is 11.6 Å². The molecule has 1 aromatic carbocycles. The molecule has 0 heterocycles.